The molecule has 1 N–H and O–H groups in total. The molecule has 1 aromatic heterocycles. The Kier molecular flexibility index (Phi) is 2.30. The number of hydrogen-bond donors (Lipinski definition) is 1. The summed E-state index contributed by atoms with van der Waals surface area (Å²) in [4.78, 5) is 14.5. The molecule has 2 aromatic rings. The first-order valence-electron chi connectivity index (χ1n) is 4.40. The van der Waals surface area contributed by atoms with Crippen molar-refractivity contribution in [3.63, 3.8) is 0 Å². The molecular weight excluding hydrogens is 198 g/mol. The van der Waals surface area contributed by atoms with Gasteiger partial charge < -0.3 is 4.98 Å². The molecule has 0 bridgehead atoms. The lowest BCUT2D eigenvalue weighted by atomic mass is 10.1. The number of aromatic nitrogens is 1. The number of rotatable bonds is 2. The summed E-state index contributed by atoms with van der Waals surface area (Å²) >= 11 is 5.52. The van der Waals surface area contributed by atoms with Crippen LogP contribution in [-0.4, -0.2) is 16.6 Å². The molecule has 0 aliphatic carbocycles. The fourth-order valence-electron chi connectivity index (χ4n) is 1.63. The first-order chi connectivity index (χ1) is 6.74. The van der Waals surface area contributed by atoms with E-state index in [1.165, 1.54) is 0 Å². The van der Waals surface area contributed by atoms with Crippen molar-refractivity contribution in [2.24, 2.45) is 0 Å². The van der Waals surface area contributed by atoms with Gasteiger partial charge in [-0.25, -0.2) is 0 Å². The van der Waals surface area contributed by atoms with E-state index in [0.29, 0.717) is 5.69 Å². The molecule has 72 valence electrons. The SMILES string of the molecule is Cc1c(C(=O)CCl)[nH]c2ccccc12. The smallest absolute Gasteiger partial charge is 0.193 e. The molecule has 0 aliphatic rings. The second-order valence-corrected chi connectivity index (χ2v) is 3.49. The number of halogens is 1. The van der Waals surface area contributed by atoms with Crippen molar-refractivity contribution in [3.05, 3.63) is 35.5 Å². The number of alkyl halides is 1. The van der Waals surface area contributed by atoms with Crippen molar-refractivity contribution in [1.29, 1.82) is 0 Å². The van der Waals surface area contributed by atoms with Crippen LogP contribution < -0.4 is 0 Å². The van der Waals surface area contributed by atoms with Crippen molar-refractivity contribution in [3.8, 4) is 0 Å². The van der Waals surface area contributed by atoms with Gasteiger partial charge in [-0.1, -0.05) is 18.2 Å². The summed E-state index contributed by atoms with van der Waals surface area (Å²) in [6, 6.07) is 7.84. The summed E-state index contributed by atoms with van der Waals surface area (Å²) in [6.45, 7) is 1.93. The van der Waals surface area contributed by atoms with Gasteiger partial charge >= 0.3 is 0 Å². The molecule has 0 fully saturated rings. The van der Waals surface area contributed by atoms with Crippen molar-refractivity contribution < 1.29 is 4.79 Å². The van der Waals surface area contributed by atoms with E-state index in [2.05, 4.69) is 4.98 Å². The van der Waals surface area contributed by atoms with Crippen LogP contribution >= 0.6 is 11.6 Å². The number of ketones is 1. The van der Waals surface area contributed by atoms with Gasteiger partial charge in [0.25, 0.3) is 0 Å². The van der Waals surface area contributed by atoms with Gasteiger partial charge in [0.15, 0.2) is 5.78 Å². The summed E-state index contributed by atoms with van der Waals surface area (Å²) in [6.07, 6.45) is 0. The quantitative estimate of drug-likeness (QED) is 0.596. The van der Waals surface area contributed by atoms with Crippen LogP contribution in [-0.2, 0) is 0 Å². The molecule has 2 nitrogen and oxygen atoms in total. The van der Waals surface area contributed by atoms with Crippen LogP contribution in [0, 0.1) is 6.92 Å². The van der Waals surface area contributed by atoms with Gasteiger partial charge in [-0.15, -0.1) is 11.6 Å². The Balaban J connectivity index is 2.68. The Hall–Kier alpha value is -1.28. The van der Waals surface area contributed by atoms with Gasteiger partial charge in [-0.3, -0.25) is 4.79 Å². The number of aryl methyl sites for hydroxylation is 1. The van der Waals surface area contributed by atoms with E-state index in [9.17, 15) is 4.79 Å². The van der Waals surface area contributed by atoms with Crippen molar-refractivity contribution in [2.45, 2.75) is 6.92 Å². The van der Waals surface area contributed by atoms with E-state index in [1.54, 1.807) is 0 Å². The average molecular weight is 208 g/mol. The predicted molar refractivity (Wildman–Crippen MR) is 58.1 cm³/mol. The number of carbonyl (C=O) groups is 1. The zero-order chi connectivity index (χ0) is 10.1. The fourth-order valence-corrected chi connectivity index (χ4v) is 1.76. The minimum atomic E-state index is -0.0552. The lowest BCUT2D eigenvalue weighted by Gasteiger charge is -1.93. The third kappa shape index (κ3) is 1.32. The van der Waals surface area contributed by atoms with Crippen LogP contribution in [0.15, 0.2) is 24.3 Å². The van der Waals surface area contributed by atoms with Crippen LogP contribution in [0.2, 0.25) is 0 Å². The van der Waals surface area contributed by atoms with Crippen molar-refractivity contribution >= 4 is 28.3 Å². The topological polar surface area (TPSA) is 32.9 Å². The summed E-state index contributed by atoms with van der Waals surface area (Å²) in [5.41, 5.74) is 2.59. The van der Waals surface area contributed by atoms with Crippen molar-refractivity contribution in [1.82, 2.24) is 4.98 Å². The molecule has 2 rings (SSSR count). The molecule has 0 unspecified atom stereocenters. The second kappa shape index (κ2) is 3.46. The fraction of sp³-hybridized carbons (Fsp3) is 0.182. The standard InChI is InChI=1S/C11H10ClNO/c1-7-8-4-2-3-5-9(8)13-11(7)10(14)6-12/h2-5,13H,6H2,1H3. The van der Waals surface area contributed by atoms with Crippen LogP contribution in [0.3, 0.4) is 0 Å². The number of carbonyl (C=O) groups excluding carboxylic acids is 1. The molecule has 0 radical (unpaired) electrons. The number of hydrogen-bond acceptors (Lipinski definition) is 1. The third-order valence-electron chi connectivity index (χ3n) is 2.37. The number of H-pyrrole nitrogens is 1. The maximum Gasteiger partial charge on any atom is 0.193 e. The second-order valence-electron chi connectivity index (χ2n) is 3.23. The van der Waals surface area contributed by atoms with E-state index in [-0.39, 0.29) is 11.7 Å². The van der Waals surface area contributed by atoms with Crippen LogP contribution in [0.5, 0.6) is 0 Å². The number of benzene rings is 1. The Morgan fingerprint density at radius 1 is 1.43 bits per heavy atom. The number of nitrogens with one attached hydrogen (secondary N) is 1. The average Bonchev–Trinajstić information content (AvgIpc) is 2.56. The predicted octanol–water partition coefficient (Wildman–Crippen LogP) is 2.90. The van der Waals surface area contributed by atoms with Crippen LogP contribution in [0.25, 0.3) is 10.9 Å². The van der Waals surface area contributed by atoms with E-state index in [0.717, 1.165) is 16.5 Å². The molecule has 1 heterocycles. The highest BCUT2D eigenvalue weighted by molar-refractivity contribution is 6.30. The van der Waals surface area contributed by atoms with Crippen molar-refractivity contribution in [2.75, 3.05) is 5.88 Å². The summed E-state index contributed by atoms with van der Waals surface area (Å²) in [5, 5.41) is 1.08. The minimum absolute atomic E-state index is 0.0215. The van der Waals surface area contributed by atoms with Gasteiger partial charge in [-0.2, -0.15) is 0 Å². The first-order valence-corrected chi connectivity index (χ1v) is 4.94. The lowest BCUT2D eigenvalue weighted by Crippen LogP contribution is -2.02. The molecule has 0 atom stereocenters. The summed E-state index contributed by atoms with van der Waals surface area (Å²) in [5.74, 6) is -0.0337. The molecule has 1 aromatic carbocycles. The minimum Gasteiger partial charge on any atom is -0.352 e. The molecule has 3 heteroatoms. The van der Waals surface area contributed by atoms with Crippen LogP contribution in [0.4, 0.5) is 0 Å². The van der Waals surface area contributed by atoms with Gasteiger partial charge in [0, 0.05) is 10.9 Å². The number of Topliss-reactive ketones (excluding diaryl/α,β-unsaturated/α-hetero) is 1. The molecule has 0 spiro atoms. The monoisotopic (exact) mass is 207 g/mol. The lowest BCUT2D eigenvalue weighted by molar-refractivity contribution is 0.101. The normalized spacial score (nSPS) is 10.7. The summed E-state index contributed by atoms with van der Waals surface area (Å²) < 4.78 is 0. The molecule has 14 heavy (non-hydrogen) atoms. The Morgan fingerprint density at radius 3 is 2.79 bits per heavy atom. The van der Waals surface area contributed by atoms with Gasteiger partial charge in [-0.05, 0) is 18.6 Å². The first kappa shape index (κ1) is 9.28. The molecule has 0 aliphatic heterocycles. The Bertz CT molecular complexity index is 487. The van der Waals surface area contributed by atoms with E-state index in [1.807, 2.05) is 31.2 Å². The third-order valence-corrected chi connectivity index (χ3v) is 2.61. The largest absolute Gasteiger partial charge is 0.352 e. The highest BCUT2D eigenvalue weighted by Gasteiger charge is 2.12. The molecule has 0 saturated carbocycles. The zero-order valence-corrected chi connectivity index (χ0v) is 8.56. The molecule has 0 saturated heterocycles. The van der Waals surface area contributed by atoms with Gasteiger partial charge in [0.1, 0.15) is 0 Å². The molecule has 0 amide bonds. The highest BCUT2D eigenvalue weighted by atomic mass is 35.5. The maximum atomic E-state index is 11.4. The maximum absolute atomic E-state index is 11.4. The van der Waals surface area contributed by atoms with E-state index in [4.69, 9.17) is 11.6 Å². The number of aromatic amines is 1. The molecular formula is C11H10ClNO. The van der Waals surface area contributed by atoms with Gasteiger partial charge in [0.2, 0.25) is 0 Å². The number of fused-ring (bicyclic) bond motifs is 1. The van der Waals surface area contributed by atoms with E-state index < -0.39 is 0 Å². The summed E-state index contributed by atoms with van der Waals surface area (Å²) in [7, 11) is 0. The van der Waals surface area contributed by atoms with E-state index >= 15 is 0 Å². The van der Waals surface area contributed by atoms with Gasteiger partial charge in [0.05, 0.1) is 11.6 Å². The Morgan fingerprint density at radius 2 is 2.14 bits per heavy atom. The zero-order valence-electron chi connectivity index (χ0n) is 7.80. The van der Waals surface area contributed by atoms with Crippen LogP contribution in [0.1, 0.15) is 16.1 Å². The Labute approximate surface area is 86.9 Å². The number of para-hydroxylation sites is 1. The highest BCUT2D eigenvalue weighted by Crippen LogP contribution is 2.21.